The van der Waals surface area contributed by atoms with Crippen LogP contribution in [0.25, 0.3) is 0 Å². The lowest BCUT2D eigenvalue weighted by atomic mass is 10.0. The van der Waals surface area contributed by atoms with Gasteiger partial charge in [0.25, 0.3) is 10.1 Å². The van der Waals surface area contributed by atoms with Crippen LogP contribution in [0.1, 0.15) is 60.8 Å². The van der Waals surface area contributed by atoms with E-state index in [1.807, 2.05) is 43.3 Å². The third-order valence-corrected chi connectivity index (χ3v) is 6.39. The third-order valence-electron chi connectivity index (χ3n) is 5.80. The van der Waals surface area contributed by atoms with Gasteiger partial charge in [-0.05, 0) is 63.5 Å². The molecule has 0 aliphatic heterocycles. The Morgan fingerprint density at radius 3 is 1.48 bits per heavy atom. The molecule has 10 nitrogen and oxygen atoms in total. The van der Waals surface area contributed by atoms with E-state index in [-0.39, 0.29) is 26.4 Å². The number of aliphatic hydroxyl groups is 1. The molecule has 0 aliphatic carbocycles. The summed E-state index contributed by atoms with van der Waals surface area (Å²) in [6, 6.07) is 16.3. The lowest BCUT2D eigenvalue weighted by Gasteiger charge is -2.08. The highest BCUT2D eigenvalue weighted by atomic mass is 32.2. The van der Waals surface area contributed by atoms with Gasteiger partial charge in [-0.2, -0.15) is 8.42 Å². The molecule has 0 radical (unpaired) electrons. The van der Waals surface area contributed by atoms with E-state index in [0.717, 1.165) is 73.9 Å². The zero-order chi connectivity index (χ0) is 31.1. The summed E-state index contributed by atoms with van der Waals surface area (Å²) in [6.07, 6.45) is 6.49. The highest BCUT2D eigenvalue weighted by molar-refractivity contribution is 7.85. The largest absolute Gasteiger partial charge is 0.393 e. The molecule has 0 aliphatic rings. The van der Waals surface area contributed by atoms with Gasteiger partial charge in [0.2, 0.25) is 0 Å². The van der Waals surface area contributed by atoms with Gasteiger partial charge in [0, 0.05) is 27.4 Å². The average molecular weight is 609 g/mol. The summed E-state index contributed by atoms with van der Waals surface area (Å²) < 4.78 is 36.4. The predicted molar refractivity (Wildman–Crippen MR) is 167 cm³/mol. The summed E-state index contributed by atoms with van der Waals surface area (Å²) >= 11 is 0. The maximum Gasteiger partial charge on any atom is 0.264 e. The van der Waals surface area contributed by atoms with E-state index in [0.29, 0.717) is 6.61 Å². The molecule has 0 saturated carbocycles. The Labute approximate surface area is 251 Å². The number of rotatable bonds is 20. The number of unbranched alkanes of at least 4 members (excludes halogenated alkanes) is 2. The fourth-order valence-corrected chi connectivity index (χ4v) is 3.94. The van der Waals surface area contributed by atoms with E-state index in [1.165, 1.54) is 11.1 Å². The summed E-state index contributed by atoms with van der Waals surface area (Å²) in [7, 11) is -0.0565. The number of hydrogen-bond acceptors (Lipinski definition) is 10. The molecule has 236 valence electrons. The number of hydrogen-bond donors (Lipinski definition) is 1. The highest BCUT2D eigenvalue weighted by Gasteiger charge is 2.07. The first-order chi connectivity index (χ1) is 20.2. The quantitative estimate of drug-likeness (QED) is 0.0960. The molecule has 1 N–H and O–H groups in total. The lowest BCUT2D eigenvalue weighted by molar-refractivity contribution is 0.0982. The summed E-state index contributed by atoms with van der Waals surface area (Å²) in [5, 5.41) is 17.0. The second-order valence-corrected chi connectivity index (χ2v) is 11.3. The van der Waals surface area contributed by atoms with Crippen LogP contribution in [0, 0.1) is 13.8 Å². The van der Waals surface area contributed by atoms with Gasteiger partial charge in [-0.25, -0.2) is 0 Å². The van der Waals surface area contributed by atoms with Crippen LogP contribution in [-0.4, -0.2) is 85.1 Å². The lowest BCUT2D eigenvalue weighted by Crippen LogP contribution is -2.09. The number of aliphatic hydroxyl groups excluding tert-OH is 1. The van der Waals surface area contributed by atoms with Crippen molar-refractivity contribution in [2.75, 3.05) is 60.1 Å². The molecule has 0 bridgehead atoms. The summed E-state index contributed by atoms with van der Waals surface area (Å²) in [5.41, 5.74) is 6.22. The first kappa shape index (κ1) is 37.2. The van der Waals surface area contributed by atoms with Crippen molar-refractivity contribution in [3.8, 4) is 0 Å². The predicted octanol–water partition coefficient (Wildman–Crippen LogP) is 5.03. The Balaban J connectivity index is 0.000000428. The van der Waals surface area contributed by atoms with Crippen LogP contribution in [0.3, 0.4) is 0 Å². The number of aryl methyl sites for hydroxylation is 2. The van der Waals surface area contributed by atoms with Crippen LogP contribution in [0.5, 0.6) is 0 Å². The van der Waals surface area contributed by atoms with E-state index >= 15 is 0 Å². The van der Waals surface area contributed by atoms with E-state index in [9.17, 15) is 8.42 Å². The Kier molecular flexibility index (Phi) is 20.1. The summed E-state index contributed by atoms with van der Waals surface area (Å²) in [4.78, 5) is 10.3. The fraction of sp³-hybridized carbons (Fsp3) is 0.548. The highest BCUT2D eigenvalue weighted by Crippen LogP contribution is 2.12. The molecule has 11 heteroatoms. The van der Waals surface area contributed by atoms with Crippen molar-refractivity contribution in [3.05, 3.63) is 70.8 Å². The first-order valence-electron chi connectivity index (χ1n) is 14.1. The van der Waals surface area contributed by atoms with Gasteiger partial charge >= 0.3 is 0 Å². The fourth-order valence-electron chi connectivity index (χ4n) is 3.57. The van der Waals surface area contributed by atoms with Crippen molar-refractivity contribution in [1.29, 1.82) is 0 Å². The maximum atomic E-state index is 10.9. The van der Waals surface area contributed by atoms with Crippen LogP contribution in [0.15, 0.2) is 58.8 Å². The minimum Gasteiger partial charge on any atom is -0.393 e. The molecule has 2 rings (SSSR count). The van der Waals surface area contributed by atoms with Gasteiger partial charge in [-0.3, -0.25) is 4.18 Å². The molecule has 0 aromatic heterocycles. The zero-order valence-corrected chi connectivity index (χ0v) is 26.5. The van der Waals surface area contributed by atoms with Gasteiger partial charge in [0.15, 0.2) is 0 Å². The second kappa shape index (κ2) is 22.7. The smallest absolute Gasteiger partial charge is 0.264 e. The molecule has 0 spiro atoms. The molecule has 42 heavy (non-hydrogen) atoms. The zero-order valence-electron chi connectivity index (χ0n) is 25.7. The van der Waals surface area contributed by atoms with Gasteiger partial charge in [0.05, 0.1) is 24.3 Å². The molecule has 0 fully saturated rings. The van der Waals surface area contributed by atoms with Gasteiger partial charge < -0.3 is 24.3 Å². The minimum atomic E-state index is -3.44. The molecule has 2 aromatic carbocycles. The summed E-state index contributed by atoms with van der Waals surface area (Å²) in [5.74, 6) is 0. The monoisotopic (exact) mass is 608 g/mol. The average Bonchev–Trinajstić information content (AvgIpc) is 2.96. The van der Waals surface area contributed by atoms with Gasteiger partial charge in [0.1, 0.15) is 19.8 Å². The van der Waals surface area contributed by atoms with Crippen molar-refractivity contribution in [2.24, 2.45) is 10.3 Å². The van der Waals surface area contributed by atoms with Crippen molar-refractivity contribution < 1.29 is 36.9 Å². The molecule has 0 heterocycles. The standard InChI is InChI=1S/C16H25NO5S.C15H23NO3/c1-14-7-9-15(10-8-14)16(6-4-5-11-20-2)17-21-12-13-22-23(3,18)19;1-13-6-8-14(9-7-13)15(16-19-12-10-17)5-3-4-11-18-2/h7-10H,4-6,11-13H2,1-3H3;6-9,17H,3-5,10-12H2,1-2H3/b17-16+;16-15+. The molecule has 0 atom stereocenters. The Morgan fingerprint density at radius 2 is 1.10 bits per heavy atom. The van der Waals surface area contributed by atoms with Crippen molar-refractivity contribution in [2.45, 2.75) is 52.4 Å². The van der Waals surface area contributed by atoms with E-state index < -0.39 is 10.1 Å². The van der Waals surface area contributed by atoms with Crippen molar-refractivity contribution >= 4 is 21.5 Å². The van der Waals surface area contributed by atoms with Crippen LogP contribution < -0.4 is 0 Å². The van der Waals surface area contributed by atoms with Crippen LogP contribution in [0.4, 0.5) is 0 Å². The van der Waals surface area contributed by atoms with Gasteiger partial charge in [-0.1, -0.05) is 70.0 Å². The number of nitrogens with zero attached hydrogens (tertiary/aromatic N) is 2. The molecule has 0 amide bonds. The van der Waals surface area contributed by atoms with E-state index in [2.05, 4.69) is 33.6 Å². The third kappa shape index (κ3) is 18.6. The first-order valence-corrected chi connectivity index (χ1v) is 16.0. The molecule has 2 aromatic rings. The molecule has 0 saturated heterocycles. The number of oxime groups is 2. The number of methoxy groups -OCH3 is 2. The van der Waals surface area contributed by atoms with Crippen LogP contribution in [-0.2, 0) is 33.5 Å². The van der Waals surface area contributed by atoms with Crippen molar-refractivity contribution in [3.63, 3.8) is 0 Å². The Morgan fingerprint density at radius 1 is 0.667 bits per heavy atom. The van der Waals surface area contributed by atoms with Crippen molar-refractivity contribution in [1.82, 2.24) is 0 Å². The molecular weight excluding hydrogens is 560 g/mol. The SMILES string of the molecule is COCCCC/C(=N\OCCO)c1ccc(C)cc1.COCCCC/C(=N\OCCOS(C)(=O)=O)c1ccc(C)cc1. The Hall–Kier alpha value is -2.83. The maximum absolute atomic E-state index is 10.9. The topological polar surface area (TPSA) is 125 Å². The van der Waals surface area contributed by atoms with Gasteiger partial charge in [-0.15, -0.1) is 0 Å². The van der Waals surface area contributed by atoms with Crippen LogP contribution in [0.2, 0.25) is 0 Å². The normalized spacial score (nSPS) is 12.0. The Bertz CT molecular complexity index is 1130. The number of ether oxygens (including phenoxy) is 2. The number of benzene rings is 2. The van der Waals surface area contributed by atoms with Crippen LogP contribution >= 0.6 is 0 Å². The summed E-state index contributed by atoms with van der Waals surface area (Å²) in [6.45, 7) is 5.80. The molecular formula is C31H48N2O8S. The second-order valence-electron chi connectivity index (χ2n) is 9.62. The van der Waals surface area contributed by atoms with E-state index in [1.54, 1.807) is 14.2 Å². The minimum absolute atomic E-state index is 0.0195. The molecule has 0 unspecified atom stereocenters. The van der Waals surface area contributed by atoms with E-state index in [4.69, 9.17) is 24.3 Å².